The van der Waals surface area contributed by atoms with E-state index in [0.29, 0.717) is 6.42 Å². The molecule has 1 unspecified atom stereocenters. The molecule has 0 aromatic carbocycles. The normalized spacial score (nSPS) is 11.6. The fourth-order valence-electron chi connectivity index (χ4n) is 1.46. The largest absolute Gasteiger partial charge is 0.480 e. The van der Waals surface area contributed by atoms with Gasteiger partial charge in [0.05, 0.1) is 0 Å². The van der Waals surface area contributed by atoms with Gasteiger partial charge in [0.15, 0.2) is 0 Å². The SMILES string of the molecule is C=CCC(NC(=O)CCc1ccncc1)C(=O)O. The summed E-state index contributed by atoms with van der Waals surface area (Å²) in [5, 5.41) is 11.3. The van der Waals surface area contributed by atoms with Crippen LogP contribution in [0.15, 0.2) is 37.2 Å². The minimum atomic E-state index is -1.05. The third-order valence-corrected chi connectivity index (χ3v) is 2.43. The van der Waals surface area contributed by atoms with Gasteiger partial charge in [0.25, 0.3) is 0 Å². The van der Waals surface area contributed by atoms with E-state index in [-0.39, 0.29) is 18.7 Å². The number of rotatable bonds is 7. The number of carboxylic acid groups (broad SMARTS) is 1. The van der Waals surface area contributed by atoms with Crippen LogP contribution < -0.4 is 5.32 Å². The molecule has 1 aromatic rings. The molecule has 5 heteroatoms. The highest BCUT2D eigenvalue weighted by Crippen LogP contribution is 2.01. The number of nitrogens with zero attached hydrogens (tertiary/aromatic N) is 1. The molecule has 1 amide bonds. The van der Waals surface area contributed by atoms with Gasteiger partial charge in [-0.05, 0) is 30.5 Å². The Morgan fingerprint density at radius 2 is 2.11 bits per heavy atom. The summed E-state index contributed by atoms with van der Waals surface area (Å²) in [7, 11) is 0. The number of pyridine rings is 1. The van der Waals surface area contributed by atoms with Crippen molar-refractivity contribution in [3.63, 3.8) is 0 Å². The lowest BCUT2D eigenvalue weighted by Gasteiger charge is -2.12. The molecule has 1 rings (SSSR count). The van der Waals surface area contributed by atoms with Gasteiger partial charge in [-0.1, -0.05) is 6.08 Å². The first kappa shape index (κ1) is 13.9. The third kappa shape index (κ3) is 4.78. The molecular weight excluding hydrogens is 232 g/mol. The third-order valence-electron chi connectivity index (χ3n) is 2.43. The monoisotopic (exact) mass is 248 g/mol. The van der Waals surface area contributed by atoms with Gasteiger partial charge >= 0.3 is 5.97 Å². The maximum Gasteiger partial charge on any atom is 0.326 e. The van der Waals surface area contributed by atoms with Crippen LogP contribution in [-0.4, -0.2) is 28.0 Å². The summed E-state index contributed by atoms with van der Waals surface area (Å²) < 4.78 is 0. The van der Waals surface area contributed by atoms with E-state index >= 15 is 0 Å². The Kier molecular flexibility index (Phi) is 5.57. The molecule has 18 heavy (non-hydrogen) atoms. The van der Waals surface area contributed by atoms with Gasteiger partial charge in [-0.15, -0.1) is 6.58 Å². The second-order valence-electron chi connectivity index (χ2n) is 3.84. The van der Waals surface area contributed by atoms with Crippen molar-refractivity contribution in [2.75, 3.05) is 0 Å². The van der Waals surface area contributed by atoms with Crippen molar-refractivity contribution >= 4 is 11.9 Å². The van der Waals surface area contributed by atoms with E-state index in [4.69, 9.17) is 5.11 Å². The Bertz CT molecular complexity index is 418. The smallest absolute Gasteiger partial charge is 0.326 e. The van der Waals surface area contributed by atoms with E-state index < -0.39 is 12.0 Å². The van der Waals surface area contributed by atoms with Crippen LogP contribution in [0.2, 0.25) is 0 Å². The molecule has 0 fully saturated rings. The molecule has 1 atom stereocenters. The Hall–Kier alpha value is -2.17. The Morgan fingerprint density at radius 1 is 1.44 bits per heavy atom. The maximum atomic E-state index is 11.6. The minimum Gasteiger partial charge on any atom is -0.480 e. The highest BCUT2D eigenvalue weighted by molar-refractivity contribution is 5.83. The molecule has 0 radical (unpaired) electrons. The van der Waals surface area contributed by atoms with Crippen molar-refractivity contribution in [3.8, 4) is 0 Å². The molecule has 2 N–H and O–H groups in total. The number of carbonyl (C=O) groups excluding carboxylic acids is 1. The van der Waals surface area contributed by atoms with E-state index in [9.17, 15) is 9.59 Å². The number of aromatic nitrogens is 1. The molecule has 1 aromatic heterocycles. The predicted octanol–water partition coefficient (Wildman–Crippen LogP) is 1.16. The molecule has 96 valence electrons. The van der Waals surface area contributed by atoms with Crippen LogP contribution in [0.25, 0.3) is 0 Å². The van der Waals surface area contributed by atoms with Crippen LogP contribution in [-0.2, 0) is 16.0 Å². The summed E-state index contributed by atoms with van der Waals surface area (Å²) in [5.41, 5.74) is 0.996. The number of carboxylic acids is 1. The molecule has 5 nitrogen and oxygen atoms in total. The zero-order valence-corrected chi connectivity index (χ0v) is 10.0. The van der Waals surface area contributed by atoms with Crippen LogP contribution in [0.1, 0.15) is 18.4 Å². The zero-order chi connectivity index (χ0) is 13.4. The van der Waals surface area contributed by atoms with E-state index in [1.165, 1.54) is 6.08 Å². The molecule has 0 aliphatic rings. The molecule has 0 aliphatic carbocycles. The summed E-state index contributed by atoms with van der Waals surface area (Å²) in [4.78, 5) is 26.3. The zero-order valence-electron chi connectivity index (χ0n) is 10.0. The fraction of sp³-hybridized carbons (Fsp3) is 0.308. The lowest BCUT2D eigenvalue weighted by Crippen LogP contribution is -2.40. The molecule has 0 saturated carbocycles. The van der Waals surface area contributed by atoms with Crippen molar-refractivity contribution < 1.29 is 14.7 Å². The number of nitrogens with one attached hydrogen (secondary N) is 1. The fourth-order valence-corrected chi connectivity index (χ4v) is 1.46. The van der Waals surface area contributed by atoms with Gasteiger partial charge in [0, 0.05) is 18.8 Å². The van der Waals surface area contributed by atoms with Gasteiger partial charge in [-0.2, -0.15) is 0 Å². The van der Waals surface area contributed by atoms with Crippen molar-refractivity contribution in [2.24, 2.45) is 0 Å². The highest BCUT2D eigenvalue weighted by atomic mass is 16.4. The number of hydrogen-bond donors (Lipinski definition) is 2. The number of hydrogen-bond acceptors (Lipinski definition) is 3. The van der Waals surface area contributed by atoms with Crippen molar-refractivity contribution in [3.05, 3.63) is 42.7 Å². The summed E-state index contributed by atoms with van der Waals surface area (Å²) >= 11 is 0. The first-order valence-electron chi connectivity index (χ1n) is 5.65. The first-order valence-corrected chi connectivity index (χ1v) is 5.65. The van der Waals surface area contributed by atoms with Gasteiger partial charge in [-0.25, -0.2) is 4.79 Å². The predicted molar refractivity (Wildman–Crippen MR) is 66.9 cm³/mol. The van der Waals surface area contributed by atoms with E-state index in [0.717, 1.165) is 5.56 Å². The van der Waals surface area contributed by atoms with Crippen LogP contribution >= 0.6 is 0 Å². The summed E-state index contributed by atoms with van der Waals surface area (Å²) in [6.07, 6.45) is 5.83. The first-order chi connectivity index (χ1) is 8.63. The number of amides is 1. The topological polar surface area (TPSA) is 79.3 Å². The highest BCUT2D eigenvalue weighted by Gasteiger charge is 2.17. The van der Waals surface area contributed by atoms with Crippen molar-refractivity contribution in [1.82, 2.24) is 10.3 Å². The van der Waals surface area contributed by atoms with Crippen LogP contribution in [0.5, 0.6) is 0 Å². The van der Waals surface area contributed by atoms with E-state index in [2.05, 4.69) is 16.9 Å². The van der Waals surface area contributed by atoms with Gasteiger partial charge < -0.3 is 10.4 Å². The van der Waals surface area contributed by atoms with Crippen molar-refractivity contribution in [1.29, 1.82) is 0 Å². The lowest BCUT2D eigenvalue weighted by molar-refractivity contribution is -0.141. The molecule has 0 aliphatic heterocycles. The number of carbonyl (C=O) groups is 2. The second kappa shape index (κ2) is 7.21. The summed E-state index contributed by atoms with van der Waals surface area (Å²) in [6, 6.07) is 2.75. The average molecular weight is 248 g/mol. The Balaban J connectivity index is 2.41. The molecule has 1 heterocycles. The summed E-state index contributed by atoms with van der Waals surface area (Å²) in [6.45, 7) is 3.46. The standard InChI is InChI=1S/C13H16N2O3/c1-2-3-11(13(17)18)15-12(16)5-4-10-6-8-14-9-7-10/h2,6-9,11H,1,3-5H2,(H,15,16)(H,17,18). The Labute approximate surface area is 106 Å². The molecular formula is C13H16N2O3. The van der Waals surface area contributed by atoms with Crippen LogP contribution in [0.4, 0.5) is 0 Å². The van der Waals surface area contributed by atoms with Gasteiger partial charge in [0.1, 0.15) is 6.04 Å². The maximum absolute atomic E-state index is 11.6. The number of aliphatic carboxylic acids is 1. The van der Waals surface area contributed by atoms with Gasteiger partial charge in [0.2, 0.25) is 5.91 Å². The lowest BCUT2D eigenvalue weighted by atomic mass is 10.1. The number of aryl methyl sites for hydroxylation is 1. The molecule has 0 spiro atoms. The quantitative estimate of drug-likeness (QED) is 0.710. The minimum absolute atomic E-state index is 0.219. The van der Waals surface area contributed by atoms with Crippen molar-refractivity contribution in [2.45, 2.75) is 25.3 Å². The van der Waals surface area contributed by atoms with E-state index in [1.54, 1.807) is 12.4 Å². The molecule has 0 bridgehead atoms. The molecule has 0 saturated heterocycles. The van der Waals surface area contributed by atoms with E-state index in [1.807, 2.05) is 12.1 Å². The summed E-state index contributed by atoms with van der Waals surface area (Å²) in [5.74, 6) is -1.33. The average Bonchev–Trinajstić information content (AvgIpc) is 2.37. The van der Waals surface area contributed by atoms with Gasteiger partial charge in [-0.3, -0.25) is 9.78 Å². The van der Waals surface area contributed by atoms with Crippen LogP contribution in [0.3, 0.4) is 0 Å². The second-order valence-corrected chi connectivity index (χ2v) is 3.84. The Morgan fingerprint density at radius 3 is 2.67 bits per heavy atom. The van der Waals surface area contributed by atoms with Crippen LogP contribution in [0, 0.1) is 0 Å².